The molecule has 4 saturated carbocycles. The predicted octanol–water partition coefficient (Wildman–Crippen LogP) is 4.07. The topological polar surface area (TPSA) is 69.7 Å². The first-order chi connectivity index (χ1) is 13.2. The molecule has 5 heteroatoms. The molecule has 0 aromatic carbocycles. The molecule has 0 radical (unpaired) electrons. The molecule has 0 unspecified atom stereocenters. The molecule has 7 atom stereocenters. The van der Waals surface area contributed by atoms with Crippen LogP contribution in [0.2, 0.25) is 0 Å². The second-order valence-electron chi connectivity index (χ2n) is 10.6. The van der Waals surface area contributed by atoms with Gasteiger partial charge in [-0.2, -0.15) is 0 Å². The number of rotatable bonds is 3. The van der Waals surface area contributed by atoms with Crippen molar-refractivity contribution in [2.45, 2.75) is 84.2 Å². The summed E-state index contributed by atoms with van der Waals surface area (Å²) in [5.41, 5.74) is -1.24. The molecule has 0 saturated heterocycles. The van der Waals surface area contributed by atoms with E-state index in [0.717, 1.165) is 51.4 Å². The first-order valence-electron chi connectivity index (χ1n) is 10.9. The molecule has 2 bridgehead atoms. The molecule has 1 spiro atoms. The fraction of sp³-hybridized carbons (Fsp3) is 0.870. The summed E-state index contributed by atoms with van der Waals surface area (Å²) in [4.78, 5) is 36.8. The molecule has 0 aliphatic heterocycles. The van der Waals surface area contributed by atoms with Crippen molar-refractivity contribution in [2.24, 2.45) is 34.0 Å². The second-order valence-corrected chi connectivity index (χ2v) is 10.6. The van der Waals surface area contributed by atoms with Crippen LogP contribution in [-0.4, -0.2) is 30.9 Å². The number of hydrogen-bond donors (Lipinski definition) is 0. The maximum Gasteiger partial charge on any atom is 0.350 e. The van der Waals surface area contributed by atoms with E-state index in [0.29, 0.717) is 18.3 Å². The molecule has 4 fully saturated rings. The van der Waals surface area contributed by atoms with Gasteiger partial charge in [0.1, 0.15) is 6.29 Å². The van der Waals surface area contributed by atoms with Crippen LogP contribution in [0.4, 0.5) is 0 Å². The Hall–Kier alpha value is -1.39. The number of carbonyl (C=O) groups is 3. The van der Waals surface area contributed by atoms with Gasteiger partial charge in [-0.3, -0.25) is 4.79 Å². The van der Waals surface area contributed by atoms with Crippen LogP contribution in [0.1, 0.15) is 78.6 Å². The molecule has 4 rings (SSSR count). The van der Waals surface area contributed by atoms with Gasteiger partial charge in [-0.25, -0.2) is 4.79 Å². The molecule has 5 nitrogen and oxygen atoms in total. The van der Waals surface area contributed by atoms with Crippen LogP contribution < -0.4 is 0 Å². The molecular formula is C23H34O5. The highest BCUT2D eigenvalue weighted by atomic mass is 16.6. The van der Waals surface area contributed by atoms with Gasteiger partial charge >= 0.3 is 11.9 Å². The monoisotopic (exact) mass is 390 g/mol. The zero-order valence-corrected chi connectivity index (χ0v) is 17.7. The molecule has 0 aromatic heterocycles. The molecule has 0 heterocycles. The van der Waals surface area contributed by atoms with E-state index in [1.165, 1.54) is 20.3 Å². The number of ether oxygens (including phenoxy) is 2. The maximum absolute atomic E-state index is 12.9. The lowest BCUT2D eigenvalue weighted by molar-refractivity contribution is -0.185. The summed E-state index contributed by atoms with van der Waals surface area (Å²) in [6.45, 7) is 5.93. The van der Waals surface area contributed by atoms with Crippen molar-refractivity contribution >= 4 is 18.2 Å². The normalized spacial score (nSPS) is 49.5. The quantitative estimate of drug-likeness (QED) is 0.537. The van der Waals surface area contributed by atoms with Crippen molar-refractivity contribution < 1.29 is 23.9 Å². The Kier molecular flexibility index (Phi) is 4.48. The summed E-state index contributed by atoms with van der Waals surface area (Å²) in [6, 6.07) is 0. The highest BCUT2D eigenvalue weighted by Crippen LogP contribution is 2.73. The number of hydrogen-bond acceptors (Lipinski definition) is 5. The minimum Gasteiger partial charge on any atom is -0.466 e. The van der Waals surface area contributed by atoms with Gasteiger partial charge in [0.25, 0.3) is 0 Å². The Bertz CT molecular complexity index is 703. The Morgan fingerprint density at radius 2 is 1.79 bits per heavy atom. The summed E-state index contributed by atoms with van der Waals surface area (Å²) < 4.78 is 10.9. The lowest BCUT2D eigenvalue weighted by atomic mass is 9.41. The van der Waals surface area contributed by atoms with Crippen molar-refractivity contribution in [3.8, 4) is 0 Å². The standard InChI is InChI=1S/C23H34O5/c1-15(25)28-23(19(26)27-4)13-22-11-8-17-20(2,14-24)9-5-10-21(17,3)18(22)7-6-16(23)12-22/h14,16-18H,5-13H2,1-4H3/t16-,17-,18+,20+,21-,22+,23+/m1/s1. The number of esters is 2. The molecular weight excluding hydrogens is 356 g/mol. The van der Waals surface area contributed by atoms with Gasteiger partial charge in [0.05, 0.1) is 7.11 Å². The van der Waals surface area contributed by atoms with Crippen molar-refractivity contribution in [2.75, 3.05) is 7.11 Å². The minimum absolute atomic E-state index is 0.0128. The third-order valence-electron chi connectivity index (χ3n) is 9.35. The van der Waals surface area contributed by atoms with Crippen molar-refractivity contribution in [3.05, 3.63) is 0 Å². The van der Waals surface area contributed by atoms with E-state index < -0.39 is 11.6 Å². The number of fused-ring (bicyclic) bond motifs is 3. The zero-order chi connectivity index (χ0) is 20.4. The SMILES string of the molecule is COC(=O)[C@]1(OC(C)=O)C[C@@]23CC[C@H]4[C@@](C)(CCC[C@@]4(C)C=O)[C@@H]2CC[C@@H]1C3. The number of aldehydes is 1. The molecule has 28 heavy (non-hydrogen) atoms. The molecule has 0 N–H and O–H groups in total. The Morgan fingerprint density at radius 1 is 1.04 bits per heavy atom. The third kappa shape index (κ3) is 2.46. The Morgan fingerprint density at radius 3 is 2.43 bits per heavy atom. The largest absolute Gasteiger partial charge is 0.466 e. The molecule has 156 valence electrons. The van der Waals surface area contributed by atoms with E-state index in [1.54, 1.807) is 0 Å². The van der Waals surface area contributed by atoms with Crippen molar-refractivity contribution in [1.29, 1.82) is 0 Å². The van der Waals surface area contributed by atoms with Gasteiger partial charge in [0, 0.05) is 24.7 Å². The van der Waals surface area contributed by atoms with Crippen LogP contribution in [-0.2, 0) is 23.9 Å². The van der Waals surface area contributed by atoms with Crippen LogP contribution in [0.15, 0.2) is 0 Å². The summed E-state index contributed by atoms with van der Waals surface area (Å²) in [6.07, 6.45) is 9.92. The summed E-state index contributed by atoms with van der Waals surface area (Å²) >= 11 is 0. The maximum atomic E-state index is 12.9. The van der Waals surface area contributed by atoms with Gasteiger partial charge < -0.3 is 14.3 Å². The fourth-order valence-corrected chi connectivity index (χ4v) is 8.49. The third-order valence-corrected chi connectivity index (χ3v) is 9.35. The smallest absolute Gasteiger partial charge is 0.350 e. The number of methoxy groups -OCH3 is 1. The Labute approximate surface area is 167 Å². The van der Waals surface area contributed by atoms with Crippen LogP contribution in [0.5, 0.6) is 0 Å². The molecule has 0 aromatic rings. The van der Waals surface area contributed by atoms with Gasteiger partial charge in [0.2, 0.25) is 5.60 Å². The van der Waals surface area contributed by atoms with Gasteiger partial charge in [-0.1, -0.05) is 20.3 Å². The van der Waals surface area contributed by atoms with Crippen LogP contribution in [0.25, 0.3) is 0 Å². The summed E-state index contributed by atoms with van der Waals surface area (Å²) in [5, 5.41) is 0. The lowest BCUT2D eigenvalue weighted by Gasteiger charge is -2.63. The van der Waals surface area contributed by atoms with E-state index in [2.05, 4.69) is 13.8 Å². The van der Waals surface area contributed by atoms with Gasteiger partial charge in [-0.05, 0) is 67.6 Å². The average Bonchev–Trinajstić information content (AvgIpc) is 2.87. The number of carbonyl (C=O) groups excluding carboxylic acids is 3. The summed E-state index contributed by atoms with van der Waals surface area (Å²) in [5.74, 6) is 0.120. The first kappa shape index (κ1) is 19.9. The lowest BCUT2D eigenvalue weighted by Crippen LogP contribution is -2.56. The van der Waals surface area contributed by atoms with Crippen LogP contribution >= 0.6 is 0 Å². The van der Waals surface area contributed by atoms with E-state index in [1.807, 2.05) is 0 Å². The van der Waals surface area contributed by atoms with E-state index in [4.69, 9.17) is 9.47 Å². The highest BCUT2D eigenvalue weighted by Gasteiger charge is 2.71. The molecule has 4 aliphatic carbocycles. The first-order valence-corrected chi connectivity index (χ1v) is 10.9. The van der Waals surface area contributed by atoms with E-state index in [9.17, 15) is 14.4 Å². The highest BCUT2D eigenvalue weighted by molar-refractivity contribution is 5.84. The van der Waals surface area contributed by atoms with Gasteiger partial charge in [0.15, 0.2) is 0 Å². The van der Waals surface area contributed by atoms with E-state index >= 15 is 0 Å². The van der Waals surface area contributed by atoms with Crippen molar-refractivity contribution in [3.63, 3.8) is 0 Å². The van der Waals surface area contributed by atoms with Crippen LogP contribution in [0, 0.1) is 34.0 Å². The Balaban J connectivity index is 1.73. The second kappa shape index (κ2) is 6.30. The van der Waals surface area contributed by atoms with Gasteiger partial charge in [-0.15, -0.1) is 0 Å². The average molecular weight is 391 g/mol. The minimum atomic E-state index is -1.12. The predicted molar refractivity (Wildman–Crippen MR) is 103 cm³/mol. The van der Waals surface area contributed by atoms with E-state index in [-0.39, 0.29) is 28.1 Å². The molecule has 4 aliphatic rings. The summed E-state index contributed by atoms with van der Waals surface area (Å²) in [7, 11) is 1.39. The van der Waals surface area contributed by atoms with Crippen molar-refractivity contribution in [1.82, 2.24) is 0 Å². The zero-order valence-electron chi connectivity index (χ0n) is 17.7. The fourth-order valence-electron chi connectivity index (χ4n) is 8.49. The molecule has 0 amide bonds. The van der Waals surface area contributed by atoms with Crippen LogP contribution in [0.3, 0.4) is 0 Å².